The quantitative estimate of drug-likeness (QED) is 0.724. The van der Waals surface area contributed by atoms with E-state index in [1.165, 1.54) is 6.08 Å². The highest BCUT2D eigenvalue weighted by atomic mass is 16.4. The maximum atomic E-state index is 11.1. The summed E-state index contributed by atoms with van der Waals surface area (Å²) in [5, 5.41) is 17.8. The van der Waals surface area contributed by atoms with Crippen molar-refractivity contribution in [2.24, 2.45) is 11.3 Å². The van der Waals surface area contributed by atoms with Crippen LogP contribution in [0.25, 0.3) is 0 Å². The molecule has 4 nitrogen and oxygen atoms in total. The van der Waals surface area contributed by atoms with E-state index < -0.39 is 17.9 Å². The van der Waals surface area contributed by atoms with E-state index in [-0.39, 0.29) is 16.6 Å². The first-order valence-electron chi connectivity index (χ1n) is 5.40. The average molecular weight is 240 g/mol. The van der Waals surface area contributed by atoms with Crippen molar-refractivity contribution in [1.82, 2.24) is 0 Å². The molecule has 0 heterocycles. The molecule has 0 aliphatic rings. The molecule has 1 unspecified atom stereocenters. The van der Waals surface area contributed by atoms with Gasteiger partial charge in [-0.3, -0.25) is 0 Å². The zero-order chi connectivity index (χ0) is 13.8. The predicted molar refractivity (Wildman–Crippen MR) is 65.7 cm³/mol. The van der Waals surface area contributed by atoms with Gasteiger partial charge in [0.1, 0.15) is 0 Å². The molecule has 0 rings (SSSR count). The summed E-state index contributed by atoms with van der Waals surface area (Å²) in [7, 11) is 0. The third-order valence-electron chi connectivity index (χ3n) is 2.27. The molecule has 0 fully saturated rings. The zero-order valence-corrected chi connectivity index (χ0v) is 10.8. The maximum Gasteiger partial charge on any atom is 0.331 e. The van der Waals surface area contributed by atoms with Crippen LogP contribution in [-0.2, 0) is 9.59 Å². The number of hydrogen-bond donors (Lipinski definition) is 2. The second kappa shape index (κ2) is 5.66. The van der Waals surface area contributed by atoms with Gasteiger partial charge >= 0.3 is 11.9 Å². The van der Waals surface area contributed by atoms with Crippen LogP contribution in [0, 0.1) is 11.3 Å². The molecule has 0 radical (unpaired) electrons. The molecule has 0 saturated heterocycles. The van der Waals surface area contributed by atoms with Gasteiger partial charge in [0.15, 0.2) is 0 Å². The molecule has 0 saturated carbocycles. The van der Waals surface area contributed by atoms with E-state index in [9.17, 15) is 9.59 Å². The van der Waals surface area contributed by atoms with Gasteiger partial charge in [-0.15, -0.1) is 0 Å². The first kappa shape index (κ1) is 15.4. The summed E-state index contributed by atoms with van der Waals surface area (Å²) < 4.78 is 0. The lowest BCUT2D eigenvalue weighted by molar-refractivity contribution is -0.134. The van der Waals surface area contributed by atoms with E-state index in [2.05, 4.69) is 6.58 Å². The molecular weight excluding hydrogens is 220 g/mol. The molecule has 0 spiro atoms. The lowest BCUT2D eigenvalue weighted by atomic mass is 9.86. The highest BCUT2D eigenvalue weighted by molar-refractivity contribution is 5.89. The Bertz CT molecular complexity index is 358. The molecule has 0 bridgehead atoms. The molecule has 4 heteroatoms. The van der Waals surface area contributed by atoms with Crippen LogP contribution in [0.1, 0.15) is 34.1 Å². The van der Waals surface area contributed by atoms with E-state index in [1.807, 2.05) is 20.8 Å². The van der Waals surface area contributed by atoms with Gasteiger partial charge in [-0.25, -0.2) is 9.59 Å². The Morgan fingerprint density at radius 1 is 1.24 bits per heavy atom. The molecule has 2 N–H and O–H groups in total. The number of rotatable bonds is 5. The minimum Gasteiger partial charge on any atom is -0.478 e. The van der Waals surface area contributed by atoms with Crippen LogP contribution < -0.4 is 0 Å². The van der Waals surface area contributed by atoms with Crippen molar-refractivity contribution in [2.75, 3.05) is 0 Å². The topological polar surface area (TPSA) is 74.6 Å². The molecule has 0 aliphatic carbocycles. The largest absolute Gasteiger partial charge is 0.478 e. The summed E-state index contributed by atoms with van der Waals surface area (Å²) in [6.07, 6.45) is 1.85. The molecule has 0 aliphatic heterocycles. The number of allylic oxidation sites excluding steroid dienone is 1. The zero-order valence-electron chi connectivity index (χ0n) is 10.8. The Morgan fingerprint density at radius 2 is 1.71 bits per heavy atom. The summed E-state index contributed by atoms with van der Waals surface area (Å²) in [5.41, 5.74) is 0.0687. The summed E-state index contributed by atoms with van der Waals surface area (Å²) in [5.74, 6) is -2.60. The van der Waals surface area contributed by atoms with Crippen molar-refractivity contribution >= 4 is 11.9 Å². The van der Waals surface area contributed by atoms with Crippen molar-refractivity contribution < 1.29 is 19.8 Å². The van der Waals surface area contributed by atoms with Crippen molar-refractivity contribution in [3.63, 3.8) is 0 Å². The Balaban J connectivity index is 5.01. The van der Waals surface area contributed by atoms with Gasteiger partial charge in [0.2, 0.25) is 0 Å². The lowest BCUT2D eigenvalue weighted by Gasteiger charge is -2.19. The molecule has 0 aromatic carbocycles. The van der Waals surface area contributed by atoms with Crippen LogP contribution in [0.2, 0.25) is 0 Å². The van der Waals surface area contributed by atoms with Crippen molar-refractivity contribution in [1.29, 1.82) is 0 Å². The fraction of sp³-hybridized carbons (Fsp3) is 0.538. The standard InChI is InChI=1S/C13H20O4/c1-8(9(2)11(14)15)6-10(12(16)17)7-13(3,4)5/h6,8H,2,7H2,1,3-5H3,(H,14,15)(H,16,17). The predicted octanol–water partition coefficient (Wildman–Crippen LogP) is 2.71. The fourth-order valence-corrected chi connectivity index (χ4v) is 1.37. The van der Waals surface area contributed by atoms with E-state index >= 15 is 0 Å². The molecule has 0 amide bonds. The first-order chi connectivity index (χ1) is 7.54. The number of carbonyl (C=O) groups is 2. The third-order valence-corrected chi connectivity index (χ3v) is 2.27. The molecule has 96 valence electrons. The van der Waals surface area contributed by atoms with E-state index in [0.29, 0.717) is 6.42 Å². The Kier molecular flexibility index (Phi) is 5.13. The van der Waals surface area contributed by atoms with Gasteiger partial charge < -0.3 is 10.2 Å². The number of carboxylic acids is 2. The van der Waals surface area contributed by atoms with Gasteiger partial charge in [0.05, 0.1) is 0 Å². The molecular formula is C13H20O4. The Morgan fingerprint density at radius 3 is 2.00 bits per heavy atom. The first-order valence-corrected chi connectivity index (χ1v) is 5.40. The minimum absolute atomic E-state index is 0.00217. The van der Waals surface area contributed by atoms with Crippen LogP contribution in [0.5, 0.6) is 0 Å². The van der Waals surface area contributed by atoms with Gasteiger partial charge in [0.25, 0.3) is 0 Å². The number of carboxylic acid groups (broad SMARTS) is 2. The van der Waals surface area contributed by atoms with E-state index in [0.717, 1.165) is 0 Å². The van der Waals surface area contributed by atoms with Gasteiger partial charge in [-0.2, -0.15) is 0 Å². The molecule has 0 aromatic rings. The van der Waals surface area contributed by atoms with Crippen molar-refractivity contribution in [3.05, 3.63) is 23.8 Å². The minimum atomic E-state index is -1.10. The smallest absolute Gasteiger partial charge is 0.331 e. The second-order valence-corrected chi connectivity index (χ2v) is 5.35. The van der Waals surface area contributed by atoms with Gasteiger partial charge in [-0.1, -0.05) is 40.3 Å². The fourth-order valence-electron chi connectivity index (χ4n) is 1.37. The summed E-state index contributed by atoms with van der Waals surface area (Å²) in [6, 6.07) is 0. The van der Waals surface area contributed by atoms with Crippen LogP contribution >= 0.6 is 0 Å². The Labute approximate surface area is 102 Å². The highest BCUT2D eigenvalue weighted by Gasteiger charge is 2.20. The van der Waals surface area contributed by atoms with E-state index in [1.54, 1.807) is 6.92 Å². The SMILES string of the molecule is C=C(C(=O)O)C(C)C=C(CC(C)(C)C)C(=O)O. The average Bonchev–Trinajstić information content (AvgIpc) is 2.12. The summed E-state index contributed by atoms with van der Waals surface area (Å²) in [6.45, 7) is 10.8. The molecule has 0 aromatic heterocycles. The monoisotopic (exact) mass is 240 g/mol. The second-order valence-electron chi connectivity index (χ2n) is 5.35. The lowest BCUT2D eigenvalue weighted by Crippen LogP contribution is -2.14. The van der Waals surface area contributed by atoms with Crippen LogP contribution in [0.15, 0.2) is 23.8 Å². The maximum absolute atomic E-state index is 11.1. The third kappa shape index (κ3) is 5.90. The van der Waals surface area contributed by atoms with Crippen molar-refractivity contribution in [2.45, 2.75) is 34.1 Å². The van der Waals surface area contributed by atoms with E-state index in [4.69, 9.17) is 10.2 Å². The normalized spacial score (nSPS) is 14.2. The highest BCUT2D eigenvalue weighted by Crippen LogP contribution is 2.26. The number of aliphatic carboxylic acids is 2. The summed E-state index contributed by atoms with van der Waals surface area (Å²) in [4.78, 5) is 21.8. The van der Waals surface area contributed by atoms with Crippen molar-refractivity contribution in [3.8, 4) is 0 Å². The van der Waals surface area contributed by atoms with Crippen LogP contribution in [-0.4, -0.2) is 22.2 Å². The van der Waals surface area contributed by atoms with Crippen LogP contribution in [0.3, 0.4) is 0 Å². The number of hydrogen-bond acceptors (Lipinski definition) is 2. The van der Waals surface area contributed by atoms with Gasteiger partial charge in [0, 0.05) is 17.1 Å². The Hall–Kier alpha value is -1.58. The molecule has 17 heavy (non-hydrogen) atoms. The van der Waals surface area contributed by atoms with Crippen LogP contribution in [0.4, 0.5) is 0 Å². The van der Waals surface area contributed by atoms with Gasteiger partial charge in [-0.05, 0) is 11.8 Å². The summed E-state index contributed by atoms with van der Waals surface area (Å²) >= 11 is 0. The molecule has 1 atom stereocenters.